The van der Waals surface area contributed by atoms with Gasteiger partial charge >= 0.3 is 0 Å². The third-order valence-corrected chi connectivity index (χ3v) is 3.66. The monoisotopic (exact) mass is 300 g/mol. The van der Waals surface area contributed by atoms with E-state index in [0.29, 0.717) is 6.54 Å². The topological polar surface area (TPSA) is 38.5 Å². The molecule has 0 aromatic heterocycles. The first-order valence-electron chi connectivity index (χ1n) is 5.70. The lowest BCUT2D eigenvalue weighted by atomic mass is 9.98. The van der Waals surface area contributed by atoms with Crippen LogP contribution in [0.4, 0.5) is 5.69 Å². The third kappa shape index (κ3) is 3.36. The Labute approximate surface area is 112 Å². The first kappa shape index (κ1) is 14.3. The molecule has 0 spiro atoms. The second kappa shape index (κ2) is 5.74. The number of anilines is 1. The molecule has 17 heavy (non-hydrogen) atoms. The van der Waals surface area contributed by atoms with Crippen LogP contribution in [0.2, 0.25) is 0 Å². The number of ether oxygens (including phenoxy) is 1. The van der Waals surface area contributed by atoms with Gasteiger partial charge in [-0.3, -0.25) is 0 Å². The van der Waals surface area contributed by atoms with Crippen molar-refractivity contribution in [2.24, 2.45) is 5.73 Å². The number of hydrogen-bond acceptors (Lipinski definition) is 3. The minimum atomic E-state index is 0.00280. The van der Waals surface area contributed by atoms with E-state index in [1.54, 1.807) is 7.11 Å². The molecule has 3 nitrogen and oxygen atoms in total. The molecule has 0 amide bonds. The molecule has 4 heteroatoms. The van der Waals surface area contributed by atoms with Crippen molar-refractivity contribution >= 4 is 21.6 Å². The first-order chi connectivity index (χ1) is 7.92. The van der Waals surface area contributed by atoms with Gasteiger partial charge in [-0.2, -0.15) is 0 Å². The number of halogens is 1. The van der Waals surface area contributed by atoms with E-state index in [1.165, 1.54) is 0 Å². The van der Waals surface area contributed by atoms with Gasteiger partial charge in [0.25, 0.3) is 0 Å². The smallest absolute Gasteiger partial charge is 0.142 e. The van der Waals surface area contributed by atoms with Gasteiger partial charge in [-0.05, 0) is 45.0 Å². The number of nitrogens with zero attached hydrogens (tertiary/aromatic N) is 1. The fourth-order valence-corrected chi connectivity index (χ4v) is 2.12. The SMILES string of the molecule is COc1ccc(Br)cc1N(C)C(C)(C)CCN. The summed E-state index contributed by atoms with van der Waals surface area (Å²) in [5.74, 6) is 0.876. The Morgan fingerprint density at radius 3 is 2.59 bits per heavy atom. The zero-order chi connectivity index (χ0) is 13.1. The first-order valence-corrected chi connectivity index (χ1v) is 6.49. The quantitative estimate of drug-likeness (QED) is 0.908. The predicted octanol–water partition coefficient (Wildman–Crippen LogP) is 3.02. The summed E-state index contributed by atoms with van der Waals surface area (Å²) in [6.45, 7) is 5.04. The van der Waals surface area contributed by atoms with Gasteiger partial charge < -0.3 is 15.4 Å². The molecule has 0 saturated carbocycles. The van der Waals surface area contributed by atoms with Crippen molar-refractivity contribution in [1.29, 1.82) is 0 Å². The molecule has 0 heterocycles. The largest absolute Gasteiger partial charge is 0.495 e. The normalized spacial score (nSPS) is 11.4. The van der Waals surface area contributed by atoms with Gasteiger partial charge in [0.1, 0.15) is 5.75 Å². The van der Waals surface area contributed by atoms with Crippen molar-refractivity contribution in [1.82, 2.24) is 0 Å². The molecule has 0 saturated heterocycles. The molecule has 0 aliphatic rings. The van der Waals surface area contributed by atoms with Crippen molar-refractivity contribution in [2.75, 3.05) is 25.6 Å². The van der Waals surface area contributed by atoms with E-state index < -0.39 is 0 Å². The van der Waals surface area contributed by atoms with E-state index in [2.05, 4.69) is 47.8 Å². The van der Waals surface area contributed by atoms with Crippen LogP contribution in [0.1, 0.15) is 20.3 Å². The summed E-state index contributed by atoms with van der Waals surface area (Å²) in [6, 6.07) is 6.01. The molecule has 0 bridgehead atoms. The second-order valence-electron chi connectivity index (χ2n) is 4.73. The molecule has 2 N–H and O–H groups in total. The number of rotatable bonds is 5. The minimum Gasteiger partial charge on any atom is -0.495 e. The summed E-state index contributed by atoms with van der Waals surface area (Å²) in [6.07, 6.45) is 0.930. The van der Waals surface area contributed by atoms with Gasteiger partial charge in [0.2, 0.25) is 0 Å². The highest BCUT2D eigenvalue weighted by Crippen LogP contribution is 2.35. The van der Waals surface area contributed by atoms with Crippen molar-refractivity contribution in [3.63, 3.8) is 0 Å². The lowest BCUT2D eigenvalue weighted by molar-refractivity contribution is 0.403. The molecule has 1 aromatic rings. The Morgan fingerprint density at radius 1 is 1.41 bits per heavy atom. The molecular formula is C13H21BrN2O. The van der Waals surface area contributed by atoms with Gasteiger partial charge in [-0.25, -0.2) is 0 Å². The molecule has 0 aliphatic carbocycles. The van der Waals surface area contributed by atoms with Crippen LogP contribution in [0.3, 0.4) is 0 Å². The predicted molar refractivity (Wildman–Crippen MR) is 76.8 cm³/mol. The average Bonchev–Trinajstić information content (AvgIpc) is 2.28. The lowest BCUT2D eigenvalue weighted by Gasteiger charge is -2.38. The maximum atomic E-state index is 5.66. The Bertz CT molecular complexity index is 380. The zero-order valence-electron chi connectivity index (χ0n) is 11.0. The summed E-state index contributed by atoms with van der Waals surface area (Å²) < 4.78 is 6.45. The third-order valence-electron chi connectivity index (χ3n) is 3.17. The highest BCUT2D eigenvalue weighted by molar-refractivity contribution is 9.10. The molecule has 0 aliphatic heterocycles. The van der Waals surface area contributed by atoms with Crippen molar-refractivity contribution < 1.29 is 4.74 Å². The van der Waals surface area contributed by atoms with Crippen LogP contribution < -0.4 is 15.4 Å². The van der Waals surface area contributed by atoms with Crippen LogP contribution in [0.5, 0.6) is 5.75 Å². The van der Waals surface area contributed by atoms with E-state index in [1.807, 2.05) is 12.1 Å². The van der Waals surface area contributed by atoms with Crippen LogP contribution in [0.25, 0.3) is 0 Å². The Balaban J connectivity index is 3.09. The van der Waals surface area contributed by atoms with E-state index in [-0.39, 0.29) is 5.54 Å². The van der Waals surface area contributed by atoms with Gasteiger partial charge in [-0.15, -0.1) is 0 Å². The van der Waals surface area contributed by atoms with E-state index in [9.17, 15) is 0 Å². The van der Waals surface area contributed by atoms with Crippen LogP contribution in [0.15, 0.2) is 22.7 Å². The Kier molecular flexibility index (Phi) is 4.83. The zero-order valence-corrected chi connectivity index (χ0v) is 12.5. The molecule has 96 valence electrons. The molecule has 1 rings (SSSR count). The summed E-state index contributed by atoms with van der Waals surface area (Å²) in [4.78, 5) is 2.21. The summed E-state index contributed by atoms with van der Waals surface area (Å²) in [7, 11) is 3.76. The number of methoxy groups -OCH3 is 1. The molecular weight excluding hydrogens is 280 g/mol. The molecule has 1 aromatic carbocycles. The number of hydrogen-bond donors (Lipinski definition) is 1. The molecule has 0 unspecified atom stereocenters. The van der Waals surface area contributed by atoms with Crippen molar-refractivity contribution in [2.45, 2.75) is 25.8 Å². The number of nitrogens with two attached hydrogens (primary N) is 1. The minimum absolute atomic E-state index is 0.00280. The summed E-state index contributed by atoms with van der Waals surface area (Å²) in [5.41, 5.74) is 6.74. The lowest BCUT2D eigenvalue weighted by Crippen LogP contribution is -2.43. The van der Waals surface area contributed by atoms with Crippen LogP contribution in [-0.2, 0) is 0 Å². The van der Waals surface area contributed by atoms with E-state index >= 15 is 0 Å². The highest BCUT2D eigenvalue weighted by atomic mass is 79.9. The van der Waals surface area contributed by atoms with Gasteiger partial charge in [0, 0.05) is 17.1 Å². The molecule has 0 fully saturated rings. The van der Waals surface area contributed by atoms with Crippen LogP contribution >= 0.6 is 15.9 Å². The molecule has 0 atom stereocenters. The Morgan fingerprint density at radius 2 is 2.06 bits per heavy atom. The van der Waals surface area contributed by atoms with Gasteiger partial charge in [-0.1, -0.05) is 15.9 Å². The fraction of sp³-hybridized carbons (Fsp3) is 0.538. The average molecular weight is 301 g/mol. The highest BCUT2D eigenvalue weighted by Gasteiger charge is 2.25. The van der Waals surface area contributed by atoms with Crippen molar-refractivity contribution in [3.8, 4) is 5.75 Å². The van der Waals surface area contributed by atoms with Gasteiger partial charge in [0.15, 0.2) is 0 Å². The summed E-state index contributed by atoms with van der Waals surface area (Å²) in [5, 5.41) is 0. The standard InChI is InChI=1S/C13H21BrN2O/c1-13(2,7-8-15)16(3)11-9-10(14)5-6-12(11)17-4/h5-6,9H,7-8,15H2,1-4H3. The fourth-order valence-electron chi connectivity index (χ4n) is 1.77. The summed E-state index contributed by atoms with van der Waals surface area (Å²) >= 11 is 3.49. The van der Waals surface area contributed by atoms with Crippen molar-refractivity contribution in [3.05, 3.63) is 22.7 Å². The van der Waals surface area contributed by atoms with Gasteiger partial charge in [0.05, 0.1) is 12.8 Å². The van der Waals surface area contributed by atoms with Crippen LogP contribution in [-0.4, -0.2) is 26.2 Å². The maximum Gasteiger partial charge on any atom is 0.142 e. The van der Waals surface area contributed by atoms with E-state index in [4.69, 9.17) is 10.5 Å². The Hall–Kier alpha value is -0.740. The number of benzene rings is 1. The second-order valence-corrected chi connectivity index (χ2v) is 5.64. The molecule has 0 radical (unpaired) electrons. The van der Waals surface area contributed by atoms with Crippen LogP contribution in [0, 0.1) is 0 Å². The maximum absolute atomic E-state index is 5.66. The van der Waals surface area contributed by atoms with E-state index in [0.717, 1.165) is 22.3 Å².